The van der Waals surface area contributed by atoms with Crippen LogP contribution in [0.2, 0.25) is 0 Å². The van der Waals surface area contributed by atoms with Crippen molar-refractivity contribution in [1.82, 2.24) is 0 Å². The predicted molar refractivity (Wildman–Crippen MR) is 69.0 cm³/mol. The third-order valence-corrected chi connectivity index (χ3v) is 2.72. The molecule has 0 fully saturated rings. The summed E-state index contributed by atoms with van der Waals surface area (Å²) in [5.41, 5.74) is 6.19. The second-order valence-corrected chi connectivity index (χ2v) is 4.18. The molecule has 0 aliphatic carbocycles. The Bertz CT molecular complexity index is 686. The van der Waals surface area contributed by atoms with Crippen molar-refractivity contribution in [3.8, 4) is 11.5 Å². The van der Waals surface area contributed by atoms with Crippen LogP contribution in [-0.4, -0.2) is 11.1 Å². The Balaban J connectivity index is 2.38. The molecule has 0 saturated carbocycles. The maximum atomic E-state index is 13.1. The Kier molecular flexibility index (Phi) is 3.56. The van der Waals surface area contributed by atoms with E-state index in [4.69, 9.17) is 15.6 Å². The fourth-order valence-electron chi connectivity index (χ4n) is 1.68. The number of nitrogen functional groups attached to an aromatic ring is 1. The first kappa shape index (κ1) is 13.8. The van der Waals surface area contributed by atoms with E-state index in [0.717, 1.165) is 12.1 Å². The lowest BCUT2D eigenvalue weighted by molar-refractivity contribution is 0.0697. The highest BCUT2D eigenvalue weighted by atomic mass is 19.2. The van der Waals surface area contributed by atoms with E-state index in [1.807, 2.05) is 0 Å². The van der Waals surface area contributed by atoms with E-state index in [1.54, 1.807) is 6.92 Å². The molecule has 0 bridgehead atoms. The third-order valence-electron chi connectivity index (χ3n) is 2.72. The van der Waals surface area contributed by atoms with Crippen LogP contribution in [-0.2, 0) is 0 Å². The molecule has 2 rings (SSSR count). The van der Waals surface area contributed by atoms with Crippen LogP contribution in [0, 0.1) is 18.6 Å². The van der Waals surface area contributed by atoms with E-state index in [-0.39, 0.29) is 22.7 Å². The molecule has 6 heteroatoms. The molecule has 0 spiro atoms. The van der Waals surface area contributed by atoms with Gasteiger partial charge in [0, 0.05) is 11.8 Å². The number of ether oxygens (including phenoxy) is 1. The van der Waals surface area contributed by atoms with E-state index in [0.29, 0.717) is 5.56 Å². The van der Waals surface area contributed by atoms with Gasteiger partial charge in [-0.25, -0.2) is 13.6 Å². The number of benzene rings is 2. The number of hydrogen-bond donors (Lipinski definition) is 2. The number of rotatable bonds is 3. The molecule has 2 aromatic carbocycles. The van der Waals surface area contributed by atoms with Gasteiger partial charge in [0.2, 0.25) is 0 Å². The summed E-state index contributed by atoms with van der Waals surface area (Å²) in [6.07, 6.45) is 0. The molecule has 0 radical (unpaired) electrons. The average Bonchev–Trinajstić information content (AvgIpc) is 2.37. The number of nitrogens with two attached hydrogens (primary N) is 1. The van der Waals surface area contributed by atoms with Gasteiger partial charge >= 0.3 is 5.97 Å². The first-order chi connectivity index (χ1) is 9.38. The van der Waals surface area contributed by atoms with Gasteiger partial charge in [0.15, 0.2) is 11.6 Å². The lowest BCUT2D eigenvalue weighted by Gasteiger charge is -2.10. The summed E-state index contributed by atoms with van der Waals surface area (Å²) in [4.78, 5) is 11.0. The molecule has 0 saturated heterocycles. The van der Waals surface area contributed by atoms with Crippen LogP contribution >= 0.6 is 0 Å². The number of carboxylic acid groups (broad SMARTS) is 1. The minimum absolute atomic E-state index is 0.0596. The summed E-state index contributed by atoms with van der Waals surface area (Å²) in [7, 11) is 0. The van der Waals surface area contributed by atoms with Crippen molar-refractivity contribution in [3.63, 3.8) is 0 Å². The van der Waals surface area contributed by atoms with E-state index >= 15 is 0 Å². The smallest absolute Gasteiger partial charge is 0.337 e. The summed E-state index contributed by atoms with van der Waals surface area (Å²) in [6, 6.07) is 5.79. The summed E-state index contributed by atoms with van der Waals surface area (Å²) in [5.74, 6) is -2.99. The van der Waals surface area contributed by atoms with E-state index in [1.165, 1.54) is 18.2 Å². The lowest BCUT2D eigenvalue weighted by Crippen LogP contribution is -2.04. The van der Waals surface area contributed by atoms with Crippen molar-refractivity contribution in [2.75, 3.05) is 5.73 Å². The zero-order valence-electron chi connectivity index (χ0n) is 10.5. The Labute approximate surface area is 113 Å². The van der Waals surface area contributed by atoms with Crippen molar-refractivity contribution in [3.05, 3.63) is 53.1 Å². The van der Waals surface area contributed by atoms with Crippen molar-refractivity contribution in [2.45, 2.75) is 6.92 Å². The van der Waals surface area contributed by atoms with E-state index in [9.17, 15) is 13.6 Å². The fraction of sp³-hybridized carbons (Fsp3) is 0.0714. The monoisotopic (exact) mass is 279 g/mol. The van der Waals surface area contributed by atoms with Crippen molar-refractivity contribution >= 4 is 11.7 Å². The second-order valence-electron chi connectivity index (χ2n) is 4.18. The van der Waals surface area contributed by atoms with Crippen LogP contribution in [0.4, 0.5) is 14.5 Å². The molecule has 4 nitrogen and oxygen atoms in total. The molecule has 0 aromatic heterocycles. The molecule has 0 aliphatic rings. The standard InChI is InChI=1S/C14H11F2NO3/c1-7-4-9(5-10(13(7)17)14(18)19)20-8-2-3-11(15)12(16)6-8/h2-6H,17H2,1H3,(H,18,19). The highest BCUT2D eigenvalue weighted by molar-refractivity contribution is 5.95. The Morgan fingerprint density at radius 2 is 1.85 bits per heavy atom. The second kappa shape index (κ2) is 5.16. The SMILES string of the molecule is Cc1cc(Oc2ccc(F)c(F)c2)cc(C(=O)O)c1N. The lowest BCUT2D eigenvalue weighted by atomic mass is 10.1. The molecule has 0 amide bonds. The van der Waals surface area contributed by atoms with E-state index < -0.39 is 17.6 Å². The molecular formula is C14H11F2NO3. The Morgan fingerprint density at radius 3 is 2.45 bits per heavy atom. The number of aryl methyl sites for hydroxylation is 1. The zero-order chi connectivity index (χ0) is 14.9. The first-order valence-electron chi connectivity index (χ1n) is 5.65. The van der Waals surface area contributed by atoms with Crippen LogP contribution in [0.25, 0.3) is 0 Å². The fourth-order valence-corrected chi connectivity index (χ4v) is 1.68. The van der Waals surface area contributed by atoms with E-state index in [2.05, 4.69) is 0 Å². The van der Waals surface area contributed by atoms with Crippen LogP contribution in [0.3, 0.4) is 0 Å². The molecule has 2 aromatic rings. The van der Waals surface area contributed by atoms with Gasteiger partial charge in [0.1, 0.15) is 11.5 Å². The molecule has 104 valence electrons. The first-order valence-corrected chi connectivity index (χ1v) is 5.65. The van der Waals surface area contributed by atoms with Gasteiger partial charge in [-0.15, -0.1) is 0 Å². The maximum Gasteiger partial charge on any atom is 0.337 e. The number of aromatic carboxylic acids is 1. The quantitative estimate of drug-likeness (QED) is 0.845. The van der Waals surface area contributed by atoms with Gasteiger partial charge in [-0.2, -0.15) is 0 Å². The number of carboxylic acids is 1. The minimum atomic E-state index is -1.19. The molecular weight excluding hydrogens is 268 g/mol. The molecule has 0 aliphatic heterocycles. The highest BCUT2D eigenvalue weighted by Gasteiger charge is 2.13. The van der Waals surface area contributed by atoms with Crippen LogP contribution < -0.4 is 10.5 Å². The highest BCUT2D eigenvalue weighted by Crippen LogP contribution is 2.29. The molecule has 20 heavy (non-hydrogen) atoms. The summed E-state index contributed by atoms with van der Waals surface area (Å²) in [6.45, 7) is 1.62. The number of halogens is 2. The molecule has 0 atom stereocenters. The predicted octanol–water partition coefficient (Wildman–Crippen LogP) is 3.35. The largest absolute Gasteiger partial charge is 0.478 e. The van der Waals surface area contributed by atoms with Crippen LogP contribution in [0.5, 0.6) is 11.5 Å². The molecule has 0 heterocycles. The van der Waals surface area contributed by atoms with Gasteiger partial charge in [0.05, 0.1) is 5.56 Å². The molecule has 3 N–H and O–H groups in total. The summed E-state index contributed by atoms with van der Waals surface area (Å²) in [5, 5.41) is 9.02. The van der Waals surface area contributed by atoms with Gasteiger partial charge in [-0.1, -0.05) is 0 Å². The number of hydrogen-bond acceptors (Lipinski definition) is 3. The topological polar surface area (TPSA) is 72.5 Å². The number of carbonyl (C=O) groups is 1. The number of anilines is 1. The van der Waals surface area contributed by atoms with Crippen LogP contribution in [0.1, 0.15) is 15.9 Å². The normalized spacial score (nSPS) is 10.3. The average molecular weight is 279 g/mol. The molecule has 0 unspecified atom stereocenters. The summed E-state index contributed by atoms with van der Waals surface area (Å²) < 4.78 is 31.2. The maximum absolute atomic E-state index is 13.1. The minimum Gasteiger partial charge on any atom is -0.478 e. The van der Waals surface area contributed by atoms with Gasteiger partial charge in [-0.3, -0.25) is 0 Å². The Hall–Kier alpha value is -2.63. The van der Waals surface area contributed by atoms with Gasteiger partial charge in [0.25, 0.3) is 0 Å². The van der Waals surface area contributed by atoms with Crippen LogP contribution in [0.15, 0.2) is 30.3 Å². The van der Waals surface area contributed by atoms with Crippen molar-refractivity contribution in [2.24, 2.45) is 0 Å². The van der Waals surface area contributed by atoms with Crippen molar-refractivity contribution in [1.29, 1.82) is 0 Å². The van der Waals surface area contributed by atoms with Gasteiger partial charge < -0.3 is 15.6 Å². The Morgan fingerprint density at radius 1 is 1.15 bits per heavy atom. The van der Waals surface area contributed by atoms with Crippen molar-refractivity contribution < 1.29 is 23.4 Å². The zero-order valence-corrected chi connectivity index (χ0v) is 10.5. The van der Waals surface area contributed by atoms with Gasteiger partial charge in [-0.05, 0) is 36.8 Å². The third kappa shape index (κ3) is 2.69. The summed E-state index contributed by atoms with van der Waals surface area (Å²) >= 11 is 0.